The van der Waals surface area contributed by atoms with E-state index >= 15 is 0 Å². The summed E-state index contributed by atoms with van der Waals surface area (Å²) in [5, 5.41) is 18.5. The van der Waals surface area contributed by atoms with Crippen LogP contribution >= 0.6 is 0 Å². The van der Waals surface area contributed by atoms with Crippen LogP contribution in [0.15, 0.2) is 18.5 Å². The van der Waals surface area contributed by atoms with E-state index in [-0.39, 0.29) is 24.2 Å². The zero-order chi connectivity index (χ0) is 19.6. The Kier molecular flexibility index (Phi) is 5.59. The molecule has 0 spiro atoms. The van der Waals surface area contributed by atoms with Gasteiger partial charge in [-0.1, -0.05) is 0 Å². The molecule has 3 heterocycles. The molecule has 0 saturated carbocycles. The third-order valence-corrected chi connectivity index (χ3v) is 4.46. The lowest BCUT2D eigenvalue weighted by Crippen LogP contribution is -2.39. The van der Waals surface area contributed by atoms with Gasteiger partial charge < -0.3 is 20.3 Å². The van der Waals surface area contributed by atoms with Gasteiger partial charge in [0.25, 0.3) is 0 Å². The molecule has 3 rings (SSSR count). The van der Waals surface area contributed by atoms with Crippen molar-refractivity contribution in [1.29, 1.82) is 0 Å². The third-order valence-electron chi connectivity index (χ3n) is 4.46. The molecule has 9 heteroatoms. The Morgan fingerprint density at radius 2 is 2.15 bits per heavy atom. The van der Waals surface area contributed by atoms with Gasteiger partial charge in [0.2, 0.25) is 0 Å². The number of ether oxygens (including phenoxy) is 1. The summed E-state index contributed by atoms with van der Waals surface area (Å²) in [6, 6.07) is 1.68. The Morgan fingerprint density at radius 1 is 1.37 bits per heavy atom. The number of hydrogen-bond acceptors (Lipinski definition) is 6. The minimum atomic E-state index is -0.290. The molecule has 1 saturated heterocycles. The quantitative estimate of drug-likeness (QED) is 0.835. The van der Waals surface area contributed by atoms with E-state index in [1.54, 1.807) is 6.07 Å². The molecule has 27 heavy (non-hydrogen) atoms. The van der Waals surface area contributed by atoms with Crippen LogP contribution in [-0.2, 0) is 4.74 Å². The Morgan fingerprint density at radius 3 is 2.81 bits per heavy atom. The number of urea groups is 1. The second-order valence-corrected chi connectivity index (χ2v) is 7.25. The molecule has 0 aromatic carbocycles. The van der Waals surface area contributed by atoms with E-state index in [0.29, 0.717) is 18.1 Å². The molecule has 2 atom stereocenters. The van der Waals surface area contributed by atoms with Gasteiger partial charge in [0.15, 0.2) is 5.82 Å². The molecule has 2 aromatic rings. The van der Waals surface area contributed by atoms with Gasteiger partial charge in [0, 0.05) is 38.5 Å². The number of rotatable bonds is 5. The Hall–Kier alpha value is -2.68. The predicted molar refractivity (Wildman–Crippen MR) is 103 cm³/mol. The second kappa shape index (κ2) is 7.91. The van der Waals surface area contributed by atoms with Crippen LogP contribution in [0.1, 0.15) is 43.7 Å². The molecule has 2 N–H and O–H groups in total. The van der Waals surface area contributed by atoms with E-state index in [1.807, 2.05) is 43.0 Å². The van der Waals surface area contributed by atoms with Crippen LogP contribution in [0, 0.1) is 6.92 Å². The van der Waals surface area contributed by atoms with Crippen LogP contribution in [0.2, 0.25) is 0 Å². The summed E-state index contributed by atoms with van der Waals surface area (Å²) in [7, 11) is 3.71. The van der Waals surface area contributed by atoms with Crippen molar-refractivity contribution in [2.75, 3.05) is 30.9 Å². The maximum absolute atomic E-state index is 12.6. The number of carbonyl (C=O) groups excluding carboxylic acids is 1. The van der Waals surface area contributed by atoms with Crippen molar-refractivity contribution in [3.63, 3.8) is 0 Å². The molecule has 0 radical (unpaired) electrons. The molecular formula is C18H27N7O2. The number of amides is 2. The van der Waals surface area contributed by atoms with Gasteiger partial charge in [-0.3, -0.25) is 4.68 Å². The molecule has 1 aliphatic rings. The average Bonchev–Trinajstić information content (AvgIpc) is 3.23. The van der Waals surface area contributed by atoms with Crippen LogP contribution in [0.25, 0.3) is 0 Å². The van der Waals surface area contributed by atoms with E-state index in [4.69, 9.17) is 4.74 Å². The molecule has 0 unspecified atom stereocenters. The lowest BCUT2D eigenvalue weighted by Gasteiger charge is -2.21. The standard InChI is InChI=1S/C18H27N7O2/c1-11(2)25-10-13(9-19-25)16-14(6-7-27-16)20-18(26)21-15-8-12(3)22-23-17(15)24(4)5/h8-11,14,16H,6-7H2,1-5H3,(H2,20,21,22,26)/t14-,16+/m1/s1. The molecule has 0 aliphatic carbocycles. The molecule has 0 bridgehead atoms. The normalized spacial score (nSPS) is 19.3. The van der Waals surface area contributed by atoms with E-state index < -0.39 is 0 Å². The van der Waals surface area contributed by atoms with Gasteiger partial charge in [0.1, 0.15) is 6.10 Å². The van der Waals surface area contributed by atoms with Crippen molar-refractivity contribution in [1.82, 2.24) is 25.3 Å². The minimum Gasteiger partial charge on any atom is -0.371 e. The molecule has 9 nitrogen and oxygen atoms in total. The van der Waals surface area contributed by atoms with Crippen molar-refractivity contribution >= 4 is 17.5 Å². The summed E-state index contributed by atoms with van der Waals surface area (Å²) < 4.78 is 7.74. The predicted octanol–water partition coefficient (Wildman–Crippen LogP) is 2.28. The van der Waals surface area contributed by atoms with Crippen LogP contribution < -0.4 is 15.5 Å². The SMILES string of the molecule is Cc1cc(NC(=O)N[C@@H]2CCO[C@H]2c2cnn(C(C)C)c2)c(N(C)C)nn1. The Bertz CT molecular complexity index is 803. The largest absolute Gasteiger partial charge is 0.371 e. The maximum Gasteiger partial charge on any atom is 0.319 e. The van der Waals surface area contributed by atoms with Gasteiger partial charge in [-0.2, -0.15) is 10.2 Å². The zero-order valence-corrected chi connectivity index (χ0v) is 16.4. The Labute approximate surface area is 159 Å². The molecule has 2 amide bonds. The summed E-state index contributed by atoms with van der Waals surface area (Å²) in [4.78, 5) is 14.4. The third kappa shape index (κ3) is 4.36. The van der Waals surface area contributed by atoms with E-state index in [1.165, 1.54) is 0 Å². The summed E-state index contributed by atoms with van der Waals surface area (Å²) in [6.07, 6.45) is 4.34. The first-order valence-corrected chi connectivity index (χ1v) is 9.10. The maximum atomic E-state index is 12.6. The highest BCUT2D eigenvalue weighted by atomic mass is 16.5. The van der Waals surface area contributed by atoms with E-state index in [2.05, 4.69) is 39.8 Å². The van der Waals surface area contributed by atoms with Crippen molar-refractivity contribution in [3.8, 4) is 0 Å². The van der Waals surface area contributed by atoms with Gasteiger partial charge in [-0.15, -0.1) is 5.10 Å². The summed E-state index contributed by atoms with van der Waals surface area (Å²) in [5.74, 6) is 0.605. The van der Waals surface area contributed by atoms with Crippen molar-refractivity contribution in [3.05, 3.63) is 29.7 Å². The van der Waals surface area contributed by atoms with Crippen LogP contribution in [0.4, 0.5) is 16.3 Å². The number of anilines is 2. The smallest absolute Gasteiger partial charge is 0.319 e. The molecule has 146 valence electrons. The van der Waals surface area contributed by atoms with Crippen molar-refractivity contribution in [2.45, 2.75) is 45.4 Å². The summed E-state index contributed by atoms with van der Waals surface area (Å²) in [5.41, 5.74) is 2.33. The first-order chi connectivity index (χ1) is 12.8. The van der Waals surface area contributed by atoms with E-state index in [0.717, 1.165) is 17.7 Å². The lowest BCUT2D eigenvalue weighted by atomic mass is 10.1. The first-order valence-electron chi connectivity index (χ1n) is 9.10. The molecular weight excluding hydrogens is 346 g/mol. The van der Waals surface area contributed by atoms with Crippen LogP contribution in [0.3, 0.4) is 0 Å². The monoisotopic (exact) mass is 373 g/mol. The number of hydrogen-bond donors (Lipinski definition) is 2. The Balaban J connectivity index is 1.69. The van der Waals surface area contributed by atoms with Crippen molar-refractivity contribution < 1.29 is 9.53 Å². The number of nitrogens with zero attached hydrogens (tertiary/aromatic N) is 5. The molecule has 1 aliphatic heterocycles. The van der Waals surface area contributed by atoms with Gasteiger partial charge in [-0.25, -0.2) is 4.79 Å². The molecule has 2 aromatic heterocycles. The van der Waals surface area contributed by atoms with Crippen molar-refractivity contribution in [2.24, 2.45) is 0 Å². The highest BCUT2D eigenvalue weighted by Crippen LogP contribution is 2.29. The number of aromatic nitrogens is 4. The summed E-state index contributed by atoms with van der Waals surface area (Å²) >= 11 is 0. The van der Waals surface area contributed by atoms with Crippen LogP contribution in [-0.4, -0.2) is 52.8 Å². The van der Waals surface area contributed by atoms with E-state index in [9.17, 15) is 4.79 Å². The highest BCUT2D eigenvalue weighted by Gasteiger charge is 2.32. The number of aryl methyl sites for hydroxylation is 1. The fourth-order valence-corrected chi connectivity index (χ4v) is 3.08. The van der Waals surface area contributed by atoms with Gasteiger partial charge in [-0.05, 0) is 33.3 Å². The minimum absolute atomic E-state index is 0.117. The van der Waals surface area contributed by atoms with Gasteiger partial charge >= 0.3 is 6.03 Å². The van der Waals surface area contributed by atoms with Crippen LogP contribution in [0.5, 0.6) is 0 Å². The second-order valence-electron chi connectivity index (χ2n) is 7.25. The summed E-state index contributed by atoms with van der Waals surface area (Å²) in [6.45, 7) is 6.58. The fourth-order valence-electron chi connectivity index (χ4n) is 3.08. The fraction of sp³-hybridized carbons (Fsp3) is 0.556. The molecule has 1 fully saturated rings. The lowest BCUT2D eigenvalue weighted by molar-refractivity contribution is 0.100. The zero-order valence-electron chi connectivity index (χ0n) is 16.4. The first kappa shape index (κ1) is 19.1. The van der Waals surface area contributed by atoms with Gasteiger partial charge in [0.05, 0.1) is 23.6 Å². The highest BCUT2D eigenvalue weighted by molar-refractivity contribution is 5.92. The number of nitrogens with one attached hydrogen (secondary N) is 2. The average molecular weight is 373 g/mol. The topological polar surface area (TPSA) is 97.2 Å². The number of carbonyl (C=O) groups is 1.